The quantitative estimate of drug-likeness (QED) is 0.714. The predicted octanol–water partition coefficient (Wildman–Crippen LogP) is 2.06. The highest BCUT2D eigenvalue weighted by Gasteiger charge is 2.20. The number of pyridine rings is 1. The van der Waals surface area contributed by atoms with Crippen LogP contribution in [0.25, 0.3) is 10.2 Å². The molecule has 2 aromatic rings. The number of rotatable bonds is 6. The number of aromatic nitrogens is 1. The minimum Gasteiger partial charge on any atom is -0.397 e. The standard InChI is InChI=1S/C15H20N4OS/c1-9-3-6-11-12(16)13(21-15(11)19-9)14(20)18-8-2-7-17-10-4-5-10/h3,6,10,17H,2,4-5,7-8,16H2,1H3,(H,18,20). The zero-order chi connectivity index (χ0) is 14.8. The molecule has 0 unspecified atom stereocenters. The lowest BCUT2D eigenvalue weighted by Crippen LogP contribution is -2.27. The molecule has 5 nitrogen and oxygen atoms in total. The van der Waals surface area contributed by atoms with Gasteiger partial charge < -0.3 is 16.4 Å². The van der Waals surface area contributed by atoms with Crippen molar-refractivity contribution in [3.8, 4) is 0 Å². The minimum atomic E-state index is -0.0976. The molecule has 0 aromatic carbocycles. The second-order valence-corrected chi connectivity index (χ2v) is 6.49. The molecule has 112 valence electrons. The lowest BCUT2D eigenvalue weighted by atomic mass is 10.2. The third-order valence-corrected chi connectivity index (χ3v) is 4.70. The summed E-state index contributed by atoms with van der Waals surface area (Å²) in [5.41, 5.74) is 7.54. The monoisotopic (exact) mass is 304 g/mol. The molecule has 0 radical (unpaired) electrons. The number of carbonyl (C=O) groups is 1. The number of hydrogen-bond acceptors (Lipinski definition) is 5. The van der Waals surface area contributed by atoms with Crippen molar-refractivity contribution in [2.75, 3.05) is 18.8 Å². The van der Waals surface area contributed by atoms with Crippen LogP contribution in [0.4, 0.5) is 5.69 Å². The predicted molar refractivity (Wildman–Crippen MR) is 86.7 cm³/mol. The smallest absolute Gasteiger partial charge is 0.263 e. The van der Waals surface area contributed by atoms with Crippen LogP contribution in [0.5, 0.6) is 0 Å². The zero-order valence-electron chi connectivity index (χ0n) is 12.1. The Morgan fingerprint density at radius 1 is 1.43 bits per heavy atom. The van der Waals surface area contributed by atoms with E-state index in [1.54, 1.807) is 0 Å². The van der Waals surface area contributed by atoms with Gasteiger partial charge in [-0.05, 0) is 44.9 Å². The Balaban J connectivity index is 1.59. The molecular formula is C15H20N4OS. The van der Waals surface area contributed by atoms with Crippen molar-refractivity contribution in [2.24, 2.45) is 0 Å². The van der Waals surface area contributed by atoms with Gasteiger partial charge in [0.25, 0.3) is 5.91 Å². The molecule has 3 rings (SSSR count). The van der Waals surface area contributed by atoms with E-state index in [1.807, 2.05) is 19.1 Å². The van der Waals surface area contributed by atoms with Gasteiger partial charge in [-0.3, -0.25) is 4.79 Å². The van der Waals surface area contributed by atoms with Crippen molar-refractivity contribution in [3.05, 3.63) is 22.7 Å². The summed E-state index contributed by atoms with van der Waals surface area (Å²) in [6.07, 6.45) is 3.51. The largest absolute Gasteiger partial charge is 0.397 e. The zero-order valence-corrected chi connectivity index (χ0v) is 12.9. The van der Waals surface area contributed by atoms with Gasteiger partial charge in [-0.25, -0.2) is 4.98 Å². The normalized spacial score (nSPS) is 14.5. The first kappa shape index (κ1) is 14.3. The Morgan fingerprint density at radius 2 is 2.24 bits per heavy atom. The Hall–Kier alpha value is -1.66. The number of fused-ring (bicyclic) bond motifs is 1. The Labute approximate surface area is 127 Å². The van der Waals surface area contributed by atoms with E-state index in [0.29, 0.717) is 23.2 Å². The van der Waals surface area contributed by atoms with E-state index in [9.17, 15) is 4.79 Å². The summed E-state index contributed by atoms with van der Waals surface area (Å²) in [6.45, 7) is 3.55. The molecule has 2 aromatic heterocycles. The van der Waals surface area contributed by atoms with Crippen LogP contribution in [0.3, 0.4) is 0 Å². The number of carbonyl (C=O) groups excluding carboxylic acids is 1. The molecule has 1 aliphatic rings. The number of nitrogens with one attached hydrogen (secondary N) is 2. The van der Waals surface area contributed by atoms with E-state index in [-0.39, 0.29) is 5.91 Å². The van der Waals surface area contributed by atoms with Crippen molar-refractivity contribution in [1.29, 1.82) is 0 Å². The fourth-order valence-corrected chi connectivity index (χ4v) is 3.28. The van der Waals surface area contributed by atoms with Crippen molar-refractivity contribution in [2.45, 2.75) is 32.2 Å². The van der Waals surface area contributed by atoms with Crippen LogP contribution < -0.4 is 16.4 Å². The van der Waals surface area contributed by atoms with Gasteiger partial charge in [0.05, 0.1) is 5.69 Å². The molecule has 0 saturated heterocycles. The molecule has 0 bridgehead atoms. The molecule has 1 saturated carbocycles. The van der Waals surface area contributed by atoms with Crippen LogP contribution in [0.1, 0.15) is 34.6 Å². The van der Waals surface area contributed by atoms with Crippen LogP contribution in [-0.2, 0) is 0 Å². The molecule has 21 heavy (non-hydrogen) atoms. The van der Waals surface area contributed by atoms with E-state index < -0.39 is 0 Å². The summed E-state index contributed by atoms with van der Waals surface area (Å²) < 4.78 is 0. The van der Waals surface area contributed by atoms with Gasteiger partial charge in [0.1, 0.15) is 9.71 Å². The topological polar surface area (TPSA) is 80.0 Å². The first-order valence-corrected chi connectivity index (χ1v) is 8.14. The van der Waals surface area contributed by atoms with E-state index in [1.165, 1.54) is 24.2 Å². The molecule has 0 atom stereocenters. The van der Waals surface area contributed by atoms with Gasteiger partial charge in [0, 0.05) is 23.7 Å². The second kappa shape index (κ2) is 5.99. The highest BCUT2D eigenvalue weighted by atomic mass is 32.1. The first-order chi connectivity index (χ1) is 10.1. The summed E-state index contributed by atoms with van der Waals surface area (Å²) in [4.78, 5) is 18.0. The number of nitrogens with two attached hydrogens (primary N) is 1. The number of anilines is 1. The molecule has 4 N–H and O–H groups in total. The fourth-order valence-electron chi connectivity index (χ4n) is 2.22. The Kier molecular flexibility index (Phi) is 4.07. The summed E-state index contributed by atoms with van der Waals surface area (Å²) in [5.74, 6) is -0.0976. The lowest BCUT2D eigenvalue weighted by Gasteiger charge is -2.05. The number of hydrogen-bond donors (Lipinski definition) is 3. The third-order valence-electron chi connectivity index (χ3n) is 3.59. The summed E-state index contributed by atoms with van der Waals surface area (Å²) in [6, 6.07) is 4.56. The number of aryl methyl sites for hydroxylation is 1. The summed E-state index contributed by atoms with van der Waals surface area (Å²) >= 11 is 1.36. The maximum Gasteiger partial charge on any atom is 0.263 e. The number of nitrogens with zero attached hydrogens (tertiary/aromatic N) is 1. The van der Waals surface area contributed by atoms with Crippen LogP contribution >= 0.6 is 11.3 Å². The van der Waals surface area contributed by atoms with Crippen LogP contribution in [0.2, 0.25) is 0 Å². The van der Waals surface area contributed by atoms with Gasteiger partial charge in [-0.1, -0.05) is 0 Å². The molecule has 1 amide bonds. The molecule has 2 heterocycles. The SMILES string of the molecule is Cc1ccc2c(N)c(C(=O)NCCCNC3CC3)sc2n1. The molecular weight excluding hydrogens is 284 g/mol. The third kappa shape index (κ3) is 3.33. The van der Waals surface area contributed by atoms with E-state index in [0.717, 1.165) is 28.9 Å². The van der Waals surface area contributed by atoms with Crippen LogP contribution in [0.15, 0.2) is 12.1 Å². The van der Waals surface area contributed by atoms with Crippen LogP contribution in [0, 0.1) is 6.92 Å². The van der Waals surface area contributed by atoms with Gasteiger partial charge in [0.15, 0.2) is 0 Å². The molecule has 1 aliphatic carbocycles. The number of nitrogen functional groups attached to an aromatic ring is 1. The second-order valence-electron chi connectivity index (χ2n) is 5.49. The highest BCUT2D eigenvalue weighted by molar-refractivity contribution is 7.21. The average Bonchev–Trinajstić information content (AvgIpc) is 3.22. The fraction of sp³-hybridized carbons (Fsp3) is 0.467. The molecule has 0 aliphatic heterocycles. The van der Waals surface area contributed by atoms with Gasteiger partial charge in [-0.15, -0.1) is 11.3 Å². The van der Waals surface area contributed by atoms with Crippen molar-refractivity contribution >= 4 is 33.1 Å². The van der Waals surface area contributed by atoms with Crippen molar-refractivity contribution in [3.63, 3.8) is 0 Å². The first-order valence-electron chi connectivity index (χ1n) is 7.32. The highest BCUT2D eigenvalue weighted by Crippen LogP contribution is 2.32. The Bertz CT molecular complexity index is 663. The van der Waals surface area contributed by atoms with Crippen LogP contribution in [-0.4, -0.2) is 30.0 Å². The van der Waals surface area contributed by atoms with E-state index >= 15 is 0 Å². The van der Waals surface area contributed by atoms with E-state index in [2.05, 4.69) is 15.6 Å². The lowest BCUT2D eigenvalue weighted by molar-refractivity contribution is 0.0958. The van der Waals surface area contributed by atoms with Gasteiger partial charge in [-0.2, -0.15) is 0 Å². The van der Waals surface area contributed by atoms with Crippen molar-refractivity contribution < 1.29 is 4.79 Å². The maximum absolute atomic E-state index is 12.2. The van der Waals surface area contributed by atoms with Gasteiger partial charge >= 0.3 is 0 Å². The van der Waals surface area contributed by atoms with Crippen molar-refractivity contribution in [1.82, 2.24) is 15.6 Å². The minimum absolute atomic E-state index is 0.0976. The maximum atomic E-state index is 12.2. The van der Waals surface area contributed by atoms with E-state index in [4.69, 9.17) is 5.73 Å². The Morgan fingerprint density at radius 3 is 3.00 bits per heavy atom. The summed E-state index contributed by atoms with van der Waals surface area (Å²) in [5, 5.41) is 7.23. The number of amides is 1. The molecule has 0 spiro atoms. The molecule has 6 heteroatoms. The average molecular weight is 304 g/mol. The molecule has 1 fully saturated rings. The number of thiophene rings is 1. The van der Waals surface area contributed by atoms with Gasteiger partial charge in [0.2, 0.25) is 0 Å². The summed E-state index contributed by atoms with van der Waals surface area (Å²) in [7, 11) is 0.